The van der Waals surface area contributed by atoms with Crippen LogP contribution in [0.15, 0.2) is 0 Å². The molecule has 1 aromatic rings. The van der Waals surface area contributed by atoms with Gasteiger partial charge in [0.1, 0.15) is 0 Å². The highest BCUT2D eigenvalue weighted by atomic mass is 16.3. The van der Waals surface area contributed by atoms with E-state index in [4.69, 9.17) is 0 Å². The maximum atomic E-state index is 9.20. The maximum Gasteiger partial charge on any atom is 0.165 e. The monoisotopic (exact) mass is 239 g/mol. The molecule has 17 heavy (non-hydrogen) atoms. The Kier molecular flexibility index (Phi) is 4.44. The number of aromatic nitrogens is 4. The third-order valence-corrected chi connectivity index (χ3v) is 3.27. The summed E-state index contributed by atoms with van der Waals surface area (Å²) in [7, 11) is 0. The van der Waals surface area contributed by atoms with E-state index < -0.39 is 0 Å². The lowest BCUT2D eigenvalue weighted by Crippen LogP contribution is -2.37. The minimum atomic E-state index is 0.288. The standard InChI is InChI=1S/C11H21N5O/c1-2-5-16-11(12-13-14-16)8-15-6-3-4-10(7-15)9-17/h10,17H,2-9H2,1H3. The first-order valence-corrected chi connectivity index (χ1v) is 6.41. The van der Waals surface area contributed by atoms with Gasteiger partial charge in [-0.2, -0.15) is 0 Å². The predicted octanol–water partition coefficient (Wildman–Crippen LogP) is 0.287. The van der Waals surface area contributed by atoms with Gasteiger partial charge in [-0.1, -0.05) is 6.92 Å². The summed E-state index contributed by atoms with van der Waals surface area (Å²) < 4.78 is 1.88. The quantitative estimate of drug-likeness (QED) is 0.800. The Labute approximate surface area is 102 Å². The van der Waals surface area contributed by atoms with E-state index >= 15 is 0 Å². The molecule has 1 N–H and O–H groups in total. The molecular weight excluding hydrogens is 218 g/mol. The van der Waals surface area contributed by atoms with Crippen LogP contribution in [0.25, 0.3) is 0 Å². The van der Waals surface area contributed by atoms with Gasteiger partial charge in [-0.25, -0.2) is 4.68 Å². The number of hydrogen-bond acceptors (Lipinski definition) is 5. The zero-order valence-corrected chi connectivity index (χ0v) is 10.4. The highest BCUT2D eigenvalue weighted by Crippen LogP contribution is 2.17. The molecule has 1 atom stereocenters. The Hall–Kier alpha value is -1.01. The van der Waals surface area contributed by atoms with Crippen LogP contribution in [0.1, 0.15) is 32.0 Å². The van der Waals surface area contributed by atoms with Crippen LogP contribution < -0.4 is 0 Å². The molecule has 1 saturated heterocycles. The molecule has 0 aromatic carbocycles. The first-order valence-electron chi connectivity index (χ1n) is 6.41. The number of likely N-dealkylation sites (tertiary alicyclic amines) is 1. The van der Waals surface area contributed by atoms with Gasteiger partial charge >= 0.3 is 0 Å². The summed E-state index contributed by atoms with van der Waals surface area (Å²) in [4.78, 5) is 2.34. The van der Waals surface area contributed by atoms with Crippen molar-refractivity contribution in [1.82, 2.24) is 25.1 Å². The number of aryl methyl sites for hydroxylation is 1. The van der Waals surface area contributed by atoms with E-state index in [-0.39, 0.29) is 6.61 Å². The molecule has 2 rings (SSSR count). The van der Waals surface area contributed by atoms with Crippen molar-refractivity contribution in [2.45, 2.75) is 39.3 Å². The molecule has 1 aliphatic rings. The highest BCUT2D eigenvalue weighted by Gasteiger charge is 2.20. The van der Waals surface area contributed by atoms with Crippen LogP contribution in [0.3, 0.4) is 0 Å². The van der Waals surface area contributed by atoms with Crippen LogP contribution in [0.5, 0.6) is 0 Å². The van der Waals surface area contributed by atoms with Crippen molar-refractivity contribution in [2.75, 3.05) is 19.7 Å². The van der Waals surface area contributed by atoms with Crippen molar-refractivity contribution < 1.29 is 5.11 Å². The van der Waals surface area contributed by atoms with Gasteiger partial charge in [-0.05, 0) is 42.2 Å². The number of rotatable bonds is 5. The molecule has 0 saturated carbocycles. The molecule has 0 radical (unpaired) electrons. The third-order valence-electron chi connectivity index (χ3n) is 3.27. The van der Waals surface area contributed by atoms with Crippen molar-refractivity contribution >= 4 is 0 Å². The van der Waals surface area contributed by atoms with Crippen molar-refractivity contribution in [3.8, 4) is 0 Å². The Morgan fingerprint density at radius 2 is 2.35 bits per heavy atom. The van der Waals surface area contributed by atoms with Gasteiger partial charge in [-0.15, -0.1) is 5.10 Å². The first kappa shape index (κ1) is 12.4. The molecule has 0 aliphatic carbocycles. The fourth-order valence-electron chi connectivity index (χ4n) is 2.37. The minimum Gasteiger partial charge on any atom is -0.396 e. The van der Waals surface area contributed by atoms with Gasteiger partial charge in [0.2, 0.25) is 0 Å². The summed E-state index contributed by atoms with van der Waals surface area (Å²) in [5.41, 5.74) is 0. The lowest BCUT2D eigenvalue weighted by Gasteiger charge is -2.31. The summed E-state index contributed by atoms with van der Waals surface area (Å²) in [5, 5.41) is 21.0. The molecular formula is C11H21N5O. The minimum absolute atomic E-state index is 0.288. The van der Waals surface area contributed by atoms with E-state index in [9.17, 15) is 5.11 Å². The summed E-state index contributed by atoms with van der Waals surface area (Å²) in [6.07, 6.45) is 3.32. The van der Waals surface area contributed by atoms with E-state index in [1.807, 2.05) is 4.68 Å². The molecule has 96 valence electrons. The molecule has 1 aliphatic heterocycles. The molecule has 2 heterocycles. The van der Waals surface area contributed by atoms with Crippen LogP contribution >= 0.6 is 0 Å². The van der Waals surface area contributed by atoms with Gasteiger partial charge in [0, 0.05) is 19.7 Å². The van der Waals surface area contributed by atoms with E-state index in [0.29, 0.717) is 5.92 Å². The van der Waals surface area contributed by atoms with Crippen LogP contribution in [0, 0.1) is 5.92 Å². The van der Waals surface area contributed by atoms with Crippen molar-refractivity contribution in [3.63, 3.8) is 0 Å². The average molecular weight is 239 g/mol. The average Bonchev–Trinajstić information content (AvgIpc) is 2.78. The third kappa shape index (κ3) is 3.23. The van der Waals surface area contributed by atoms with Crippen LogP contribution in [0.4, 0.5) is 0 Å². The normalized spacial score (nSPS) is 21.9. The largest absolute Gasteiger partial charge is 0.396 e. The molecule has 0 bridgehead atoms. The second kappa shape index (κ2) is 6.07. The van der Waals surface area contributed by atoms with Crippen LogP contribution in [-0.4, -0.2) is 49.9 Å². The fourth-order valence-corrected chi connectivity index (χ4v) is 2.37. The van der Waals surface area contributed by atoms with Crippen LogP contribution in [-0.2, 0) is 13.1 Å². The van der Waals surface area contributed by atoms with E-state index in [1.165, 1.54) is 0 Å². The molecule has 1 fully saturated rings. The van der Waals surface area contributed by atoms with Crippen molar-refractivity contribution in [1.29, 1.82) is 0 Å². The fraction of sp³-hybridized carbons (Fsp3) is 0.909. The van der Waals surface area contributed by atoms with E-state index in [0.717, 1.165) is 51.3 Å². The number of aliphatic hydroxyl groups is 1. The molecule has 0 spiro atoms. The summed E-state index contributed by atoms with van der Waals surface area (Å²) >= 11 is 0. The van der Waals surface area contributed by atoms with E-state index in [1.54, 1.807) is 0 Å². The van der Waals surface area contributed by atoms with Gasteiger partial charge in [0.15, 0.2) is 5.82 Å². The van der Waals surface area contributed by atoms with Gasteiger partial charge in [-0.3, -0.25) is 4.90 Å². The Balaban J connectivity index is 1.93. The topological polar surface area (TPSA) is 67.1 Å². The highest BCUT2D eigenvalue weighted by molar-refractivity contribution is 4.83. The Morgan fingerprint density at radius 3 is 3.12 bits per heavy atom. The van der Waals surface area contributed by atoms with Crippen molar-refractivity contribution in [2.24, 2.45) is 5.92 Å². The van der Waals surface area contributed by atoms with Crippen LogP contribution in [0.2, 0.25) is 0 Å². The molecule has 1 unspecified atom stereocenters. The molecule has 1 aromatic heterocycles. The molecule has 0 amide bonds. The summed E-state index contributed by atoms with van der Waals surface area (Å²) in [6, 6.07) is 0. The SMILES string of the molecule is CCCn1nnnc1CN1CCCC(CO)C1. The summed E-state index contributed by atoms with van der Waals surface area (Å²) in [5.74, 6) is 1.35. The number of nitrogens with zero attached hydrogens (tertiary/aromatic N) is 5. The Bertz CT molecular complexity index is 340. The van der Waals surface area contributed by atoms with E-state index in [2.05, 4.69) is 27.3 Å². The lowest BCUT2D eigenvalue weighted by molar-refractivity contribution is 0.112. The van der Waals surface area contributed by atoms with Gasteiger partial charge < -0.3 is 5.11 Å². The number of piperidine rings is 1. The van der Waals surface area contributed by atoms with Gasteiger partial charge in [0.05, 0.1) is 6.54 Å². The number of aliphatic hydroxyl groups excluding tert-OH is 1. The maximum absolute atomic E-state index is 9.20. The number of hydrogen-bond donors (Lipinski definition) is 1. The van der Waals surface area contributed by atoms with Gasteiger partial charge in [0.25, 0.3) is 0 Å². The second-order valence-electron chi connectivity index (χ2n) is 4.74. The molecule has 6 heteroatoms. The second-order valence-corrected chi connectivity index (χ2v) is 4.74. The van der Waals surface area contributed by atoms with Crippen molar-refractivity contribution in [3.05, 3.63) is 5.82 Å². The Morgan fingerprint density at radius 1 is 1.47 bits per heavy atom. The zero-order chi connectivity index (χ0) is 12.1. The smallest absolute Gasteiger partial charge is 0.165 e. The number of tetrazole rings is 1. The summed E-state index contributed by atoms with van der Waals surface area (Å²) in [6.45, 7) is 6.11. The first-order chi connectivity index (χ1) is 8.33. The lowest BCUT2D eigenvalue weighted by atomic mass is 9.99. The molecule has 6 nitrogen and oxygen atoms in total. The predicted molar refractivity (Wildman–Crippen MR) is 63.2 cm³/mol. The zero-order valence-electron chi connectivity index (χ0n) is 10.4.